The van der Waals surface area contributed by atoms with Crippen molar-refractivity contribution >= 4 is 5.82 Å². The van der Waals surface area contributed by atoms with Crippen molar-refractivity contribution in [3.05, 3.63) is 36.0 Å². The molecule has 0 saturated carbocycles. The molecule has 0 aliphatic carbocycles. The zero-order valence-corrected chi connectivity index (χ0v) is 10.3. The number of hydrogen-bond donors (Lipinski definition) is 2. The molecule has 1 aromatic heterocycles. The van der Waals surface area contributed by atoms with Crippen LogP contribution in [0.3, 0.4) is 0 Å². The van der Waals surface area contributed by atoms with E-state index in [2.05, 4.69) is 5.10 Å². The van der Waals surface area contributed by atoms with Gasteiger partial charge in [-0.3, -0.25) is 4.68 Å². The third-order valence-electron chi connectivity index (χ3n) is 2.86. The Labute approximate surface area is 101 Å². The second kappa shape index (κ2) is 3.89. The summed E-state index contributed by atoms with van der Waals surface area (Å²) in [6, 6.07) is 7.68. The van der Waals surface area contributed by atoms with Crippen LogP contribution in [0.2, 0.25) is 0 Å². The van der Waals surface area contributed by atoms with Crippen molar-refractivity contribution in [2.45, 2.75) is 19.4 Å². The first kappa shape index (κ1) is 11.7. The highest BCUT2D eigenvalue weighted by atomic mass is 16.3. The van der Waals surface area contributed by atoms with Crippen LogP contribution in [0, 0.1) is 0 Å². The molecule has 0 spiro atoms. The van der Waals surface area contributed by atoms with Gasteiger partial charge in [-0.2, -0.15) is 5.10 Å². The summed E-state index contributed by atoms with van der Waals surface area (Å²) in [6.45, 7) is 3.52. The number of anilines is 1. The molecule has 0 aliphatic heterocycles. The molecule has 0 aliphatic rings. The van der Waals surface area contributed by atoms with E-state index in [1.807, 2.05) is 24.3 Å². The van der Waals surface area contributed by atoms with Crippen LogP contribution in [0.15, 0.2) is 30.5 Å². The fraction of sp³-hybridized carbons (Fsp3) is 0.308. The summed E-state index contributed by atoms with van der Waals surface area (Å²) in [5, 5.41) is 14.3. The van der Waals surface area contributed by atoms with Crippen molar-refractivity contribution < 1.29 is 5.11 Å². The van der Waals surface area contributed by atoms with Crippen LogP contribution in [-0.4, -0.2) is 14.9 Å². The lowest BCUT2D eigenvalue weighted by molar-refractivity contribution is 0.0792. The highest BCUT2D eigenvalue weighted by molar-refractivity contribution is 5.76. The van der Waals surface area contributed by atoms with Crippen molar-refractivity contribution in [1.82, 2.24) is 9.78 Å². The third kappa shape index (κ3) is 2.03. The number of aryl methyl sites for hydroxylation is 1. The molecule has 0 fully saturated rings. The fourth-order valence-corrected chi connectivity index (χ4v) is 1.91. The van der Waals surface area contributed by atoms with Crippen LogP contribution in [0.1, 0.15) is 19.4 Å². The zero-order valence-electron chi connectivity index (χ0n) is 10.3. The predicted molar refractivity (Wildman–Crippen MR) is 68.3 cm³/mol. The third-order valence-corrected chi connectivity index (χ3v) is 2.86. The standard InChI is InChI=1S/C13H17N3O/c1-13(2,17)11-7-5-4-6-9(11)10-8-15-16(3)12(10)14/h4-8,17H,14H2,1-3H3. The van der Waals surface area contributed by atoms with Crippen molar-refractivity contribution in [1.29, 1.82) is 0 Å². The van der Waals surface area contributed by atoms with Gasteiger partial charge in [0.2, 0.25) is 0 Å². The number of rotatable bonds is 2. The van der Waals surface area contributed by atoms with Gasteiger partial charge in [-0.05, 0) is 25.0 Å². The van der Waals surface area contributed by atoms with Gasteiger partial charge in [0.05, 0.1) is 11.8 Å². The summed E-state index contributed by atoms with van der Waals surface area (Å²) in [7, 11) is 1.80. The second-order valence-corrected chi connectivity index (χ2v) is 4.67. The van der Waals surface area contributed by atoms with Crippen molar-refractivity contribution in [3.8, 4) is 11.1 Å². The van der Waals surface area contributed by atoms with E-state index < -0.39 is 5.60 Å². The van der Waals surface area contributed by atoms with Crippen LogP contribution >= 0.6 is 0 Å². The minimum atomic E-state index is -0.904. The Bertz CT molecular complexity index is 538. The van der Waals surface area contributed by atoms with Gasteiger partial charge in [-0.25, -0.2) is 0 Å². The first-order valence-electron chi connectivity index (χ1n) is 5.51. The molecule has 0 amide bonds. The van der Waals surface area contributed by atoms with E-state index in [1.165, 1.54) is 0 Å². The summed E-state index contributed by atoms with van der Waals surface area (Å²) in [4.78, 5) is 0. The number of aromatic nitrogens is 2. The maximum absolute atomic E-state index is 10.2. The largest absolute Gasteiger partial charge is 0.386 e. The number of nitrogen functional groups attached to an aromatic ring is 1. The molecule has 4 nitrogen and oxygen atoms in total. The van der Waals surface area contributed by atoms with Crippen LogP contribution in [0.5, 0.6) is 0 Å². The zero-order chi connectivity index (χ0) is 12.6. The SMILES string of the molecule is Cn1ncc(-c2ccccc2C(C)(C)O)c1N. The summed E-state index contributed by atoms with van der Waals surface area (Å²) >= 11 is 0. The summed E-state index contributed by atoms with van der Waals surface area (Å²) in [6.07, 6.45) is 1.72. The molecular weight excluding hydrogens is 214 g/mol. The maximum Gasteiger partial charge on any atom is 0.129 e. The Balaban J connectivity index is 2.64. The molecule has 2 aromatic rings. The van der Waals surface area contributed by atoms with Gasteiger partial charge in [0.1, 0.15) is 5.82 Å². The van der Waals surface area contributed by atoms with Gasteiger partial charge >= 0.3 is 0 Å². The molecule has 1 heterocycles. The summed E-state index contributed by atoms with van der Waals surface area (Å²) in [5.41, 5.74) is 7.68. The van der Waals surface area contributed by atoms with E-state index >= 15 is 0 Å². The summed E-state index contributed by atoms with van der Waals surface area (Å²) in [5.74, 6) is 0.599. The van der Waals surface area contributed by atoms with Crippen molar-refractivity contribution in [2.75, 3.05) is 5.73 Å². The molecule has 0 atom stereocenters. The van der Waals surface area contributed by atoms with E-state index in [1.54, 1.807) is 31.8 Å². The van der Waals surface area contributed by atoms with E-state index in [-0.39, 0.29) is 0 Å². The van der Waals surface area contributed by atoms with Gasteiger partial charge in [-0.15, -0.1) is 0 Å². The normalized spacial score (nSPS) is 11.8. The second-order valence-electron chi connectivity index (χ2n) is 4.67. The number of benzene rings is 1. The lowest BCUT2D eigenvalue weighted by atomic mass is 9.90. The number of hydrogen-bond acceptors (Lipinski definition) is 3. The topological polar surface area (TPSA) is 64.1 Å². The molecule has 3 N–H and O–H groups in total. The average molecular weight is 231 g/mol. The fourth-order valence-electron chi connectivity index (χ4n) is 1.91. The molecule has 1 aromatic carbocycles. The Morgan fingerprint density at radius 1 is 1.24 bits per heavy atom. The van der Waals surface area contributed by atoms with Crippen molar-refractivity contribution in [3.63, 3.8) is 0 Å². The molecule has 2 rings (SSSR count). The minimum absolute atomic E-state index is 0.599. The lowest BCUT2D eigenvalue weighted by Gasteiger charge is -2.21. The molecule has 0 unspecified atom stereocenters. The molecule has 90 valence electrons. The minimum Gasteiger partial charge on any atom is -0.386 e. The Kier molecular flexibility index (Phi) is 2.67. The predicted octanol–water partition coefficient (Wildman–Crippen LogP) is 1.90. The Morgan fingerprint density at radius 2 is 1.88 bits per heavy atom. The maximum atomic E-state index is 10.2. The number of nitrogens with zero attached hydrogens (tertiary/aromatic N) is 2. The highest BCUT2D eigenvalue weighted by Gasteiger charge is 2.22. The first-order chi connectivity index (χ1) is 7.91. The quantitative estimate of drug-likeness (QED) is 0.829. The highest BCUT2D eigenvalue weighted by Crippen LogP contribution is 2.33. The first-order valence-corrected chi connectivity index (χ1v) is 5.51. The van der Waals surface area contributed by atoms with Crippen LogP contribution in [0.25, 0.3) is 11.1 Å². The molecule has 0 radical (unpaired) electrons. The average Bonchev–Trinajstić information content (AvgIpc) is 2.59. The Morgan fingerprint density at radius 3 is 2.41 bits per heavy atom. The molecule has 0 saturated heterocycles. The van der Waals surface area contributed by atoms with Crippen LogP contribution < -0.4 is 5.73 Å². The van der Waals surface area contributed by atoms with Gasteiger partial charge in [0.15, 0.2) is 0 Å². The summed E-state index contributed by atoms with van der Waals surface area (Å²) < 4.78 is 1.62. The van der Waals surface area contributed by atoms with E-state index in [9.17, 15) is 5.11 Å². The van der Waals surface area contributed by atoms with Gasteiger partial charge in [-0.1, -0.05) is 24.3 Å². The van der Waals surface area contributed by atoms with Crippen LogP contribution in [0.4, 0.5) is 5.82 Å². The van der Waals surface area contributed by atoms with Gasteiger partial charge in [0, 0.05) is 12.6 Å². The monoisotopic (exact) mass is 231 g/mol. The van der Waals surface area contributed by atoms with Gasteiger partial charge in [0.25, 0.3) is 0 Å². The molecular formula is C13H17N3O. The smallest absolute Gasteiger partial charge is 0.129 e. The lowest BCUT2D eigenvalue weighted by Crippen LogP contribution is -2.16. The van der Waals surface area contributed by atoms with Crippen molar-refractivity contribution in [2.24, 2.45) is 7.05 Å². The Hall–Kier alpha value is -1.81. The van der Waals surface area contributed by atoms with Gasteiger partial charge < -0.3 is 10.8 Å². The molecule has 4 heteroatoms. The van der Waals surface area contributed by atoms with E-state index in [0.717, 1.165) is 16.7 Å². The number of nitrogens with two attached hydrogens (primary N) is 1. The molecule has 17 heavy (non-hydrogen) atoms. The molecule has 0 bridgehead atoms. The number of aliphatic hydroxyl groups is 1. The van der Waals surface area contributed by atoms with Crippen LogP contribution in [-0.2, 0) is 12.6 Å². The van der Waals surface area contributed by atoms with E-state index in [0.29, 0.717) is 5.82 Å². The van der Waals surface area contributed by atoms with E-state index in [4.69, 9.17) is 5.73 Å².